The van der Waals surface area contributed by atoms with Crippen molar-refractivity contribution in [3.05, 3.63) is 35.5 Å². The van der Waals surface area contributed by atoms with Gasteiger partial charge in [0, 0.05) is 29.7 Å². The molecule has 2 aromatic rings. The molecule has 0 fully saturated rings. The zero-order valence-corrected chi connectivity index (χ0v) is 9.83. The third-order valence-electron chi connectivity index (χ3n) is 3.24. The lowest BCUT2D eigenvalue weighted by molar-refractivity contribution is 0.653. The van der Waals surface area contributed by atoms with E-state index in [0.29, 0.717) is 6.04 Å². The van der Waals surface area contributed by atoms with E-state index >= 15 is 0 Å². The first kappa shape index (κ1) is 10.2. The van der Waals surface area contributed by atoms with Crippen LogP contribution in [0, 0.1) is 6.92 Å². The van der Waals surface area contributed by atoms with Crippen LogP contribution in [0.4, 0.5) is 0 Å². The van der Waals surface area contributed by atoms with Gasteiger partial charge in [-0.1, -0.05) is 6.07 Å². The van der Waals surface area contributed by atoms with Crippen LogP contribution in [0.5, 0.6) is 0 Å². The zero-order chi connectivity index (χ0) is 11.0. The third kappa shape index (κ3) is 1.65. The lowest BCUT2D eigenvalue weighted by Gasteiger charge is -2.10. The number of fused-ring (bicyclic) bond motifs is 1. The second-order valence-corrected chi connectivity index (χ2v) is 4.17. The number of nitrogens with zero attached hydrogens (tertiary/aromatic N) is 1. The minimum atomic E-state index is 0.412. The van der Waals surface area contributed by atoms with Gasteiger partial charge in [-0.05, 0) is 44.7 Å². The molecule has 0 aliphatic heterocycles. The molecule has 1 heterocycles. The Kier molecular flexibility index (Phi) is 2.53. The molecule has 1 aromatic carbocycles. The highest BCUT2D eigenvalue weighted by molar-refractivity contribution is 5.82. The fourth-order valence-electron chi connectivity index (χ4n) is 1.94. The van der Waals surface area contributed by atoms with Crippen molar-refractivity contribution in [2.45, 2.75) is 19.9 Å². The van der Waals surface area contributed by atoms with Crippen molar-refractivity contribution < 1.29 is 0 Å². The predicted molar refractivity (Wildman–Crippen MR) is 65.1 cm³/mol. The van der Waals surface area contributed by atoms with Crippen LogP contribution in [0.15, 0.2) is 24.3 Å². The molecule has 0 saturated heterocycles. The molecule has 0 radical (unpaired) electrons. The Hall–Kier alpha value is -1.28. The summed E-state index contributed by atoms with van der Waals surface area (Å²) in [6.45, 7) is 4.32. The highest BCUT2D eigenvalue weighted by Gasteiger charge is 2.06. The third-order valence-corrected chi connectivity index (χ3v) is 3.24. The molecule has 1 atom stereocenters. The molecule has 15 heavy (non-hydrogen) atoms. The molecule has 0 spiro atoms. The molecule has 0 amide bonds. The number of hydrogen-bond acceptors (Lipinski definition) is 1. The molecule has 80 valence electrons. The Morgan fingerprint density at radius 3 is 2.67 bits per heavy atom. The summed E-state index contributed by atoms with van der Waals surface area (Å²) < 4.78 is 2.23. The predicted octanol–water partition coefficient (Wildman–Crippen LogP) is 2.77. The summed E-state index contributed by atoms with van der Waals surface area (Å²) in [4.78, 5) is 0. The van der Waals surface area contributed by atoms with Crippen molar-refractivity contribution in [2.75, 3.05) is 7.05 Å². The van der Waals surface area contributed by atoms with Gasteiger partial charge in [0.1, 0.15) is 0 Å². The van der Waals surface area contributed by atoms with E-state index in [1.807, 2.05) is 7.05 Å². The number of hydrogen-bond donors (Lipinski definition) is 1. The van der Waals surface area contributed by atoms with Crippen LogP contribution in [-0.2, 0) is 7.05 Å². The van der Waals surface area contributed by atoms with Gasteiger partial charge in [-0.15, -0.1) is 0 Å². The standard InChI is InChI=1S/C13H18N2/c1-9-7-12-8-11(10(2)14-3)5-6-13(12)15(9)4/h5-8,10,14H,1-4H3. The highest BCUT2D eigenvalue weighted by Crippen LogP contribution is 2.22. The van der Waals surface area contributed by atoms with Crippen molar-refractivity contribution in [3.63, 3.8) is 0 Å². The number of nitrogens with one attached hydrogen (secondary N) is 1. The van der Waals surface area contributed by atoms with Gasteiger partial charge in [0.05, 0.1) is 0 Å². The summed E-state index contributed by atoms with van der Waals surface area (Å²) >= 11 is 0. The fraction of sp³-hybridized carbons (Fsp3) is 0.385. The number of benzene rings is 1. The van der Waals surface area contributed by atoms with E-state index in [9.17, 15) is 0 Å². The van der Waals surface area contributed by atoms with E-state index in [1.165, 1.54) is 22.2 Å². The summed E-state index contributed by atoms with van der Waals surface area (Å²) in [5, 5.41) is 4.59. The van der Waals surface area contributed by atoms with Crippen molar-refractivity contribution >= 4 is 10.9 Å². The number of aryl methyl sites for hydroxylation is 2. The molecular formula is C13H18N2. The molecule has 1 aromatic heterocycles. The van der Waals surface area contributed by atoms with E-state index in [2.05, 4.69) is 55.0 Å². The van der Waals surface area contributed by atoms with Crippen LogP contribution in [0.1, 0.15) is 24.2 Å². The minimum absolute atomic E-state index is 0.412. The first-order valence-electron chi connectivity index (χ1n) is 5.36. The quantitative estimate of drug-likeness (QED) is 0.792. The molecule has 0 aliphatic rings. The fourth-order valence-corrected chi connectivity index (χ4v) is 1.94. The molecule has 0 aliphatic carbocycles. The Morgan fingerprint density at radius 1 is 1.27 bits per heavy atom. The number of aromatic nitrogens is 1. The van der Waals surface area contributed by atoms with E-state index < -0.39 is 0 Å². The van der Waals surface area contributed by atoms with Gasteiger partial charge in [0.15, 0.2) is 0 Å². The first-order chi connectivity index (χ1) is 7.13. The van der Waals surface area contributed by atoms with E-state index in [-0.39, 0.29) is 0 Å². The Balaban J connectivity index is 2.57. The van der Waals surface area contributed by atoms with Gasteiger partial charge < -0.3 is 9.88 Å². The Morgan fingerprint density at radius 2 is 2.00 bits per heavy atom. The molecule has 0 saturated carbocycles. The largest absolute Gasteiger partial charge is 0.348 e. The molecule has 2 nitrogen and oxygen atoms in total. The molecule has 0 bridgehead atoms. The van der Waals surface area contributed by atoms with Gasteiger partial charge in [-0.25, -0.2) is 0 Å². The minimum Gasteiger partial charge on any atom is -0.348 e. The monoisotopic (exact) mass is 202 g/mol. The van der Waals surface area contributed by atoms with Crippen molar-refractivity contribution in [1.82, 2.24) is 9.88 Å². The van der Waals surface area contributed by atoms with E-state index in [4.69, 9.17) is 0 Å². The second kappa shape index (κ2) is 3.70. The van der Waals surface area contributed by atoms with Crippen LogP contribution in [0.2, 0.25) is 0 Å². The van der Waals surface area contributed by atoms with E-state index in [0.717, 1.165) is 0 Å². The Bertz CT molecular complexity index is 482. The normalized spacial score (nSPS) is 13.3. The van der Waals surface area contributed by atoms with Crippen LogP contribution in [0.25, 0.3) is 10.9 Å². The smallest absolute Gasteiger partial charge is 0.0480 e. The second-order valence-electron chi connectivity index (χ2n) is 4.17. The maximum atomic E-state index is 3.26. The van der Waals surface area contributed by atoms with Crippen LogP contribution in [0.3, 0.4) is 0 Å². The first-order valence-corrected chi connectivity index (χ1v) is 5.36. The van der Waals surface area contributed by atoms with Crippen molar-refractivity contribution in [2.24, 2.45) is 7.05 Å². The van der Waals surface area contributed by atoms with Gasteiger partial charge in [-0.3, -0.25) is 0 Å². The topological polar surface area (TPSA) is 17.0 Å². The molecule has 2 heteroatoms. The van der Waals surface area contributed by atoms with Gasteiger partial charge in [0.2, 0.25) is 0 Å². The average molecular weight is 202 g/mol. The lowest BCUT2D eigenvalue weighted by atomic mass is 10.1. The SMILES string of the molecule is CNC(C)c1ccc2c(c1)cc(C)n2C. The summed E-state index contributed by atoms with van der Waals surface area (Å²) in [7, 11) is 4.10. The van der Waals surface area contributed by atoms with Crippen LogP contribution < -0.4 is 5.32 Å². The molecule has 1 unspecified atom stereocenters. The molecule has 1 N–H and O–H groups in total. The van der Waals surface area contributed by atoms with Crippen LogP contribution >= 0.6 is 0 Å². The van der Waals surface area contributed by atoms with Crippen molar-refractivity contribution in [3.8, 4) is 0 Å². The Labute approximate surface area is 90.9 Å². The molecular weight excluding hydrogens is 184 g/mol. The summed E-state index contributed by atoms with van der Waals surface area (Å²) in [6.07, 6.45) is 0. The maximum absolute atomic E-state index is 3.26. The highest BCUT2D eigenvalue weighted by atomic mass is 14.9. The maximum Gasteiger partial charge on any atom is 0.0480 e. The zero-order valence-electron chi connectivity index (χ0n) is 9.83. The van der Waals surface area contributed by atoms with Crippen LogP contribution in [-0.4, -0.2) is 11.6 Å². The van der Waals surface area contributed by atoms with Gasteiger partial charge >= 0.3 is 0 Å². The molecule has 2 rings (SSSR count). The van der Waals surface area contributed by atoms with Gasteiger partial charge in [-0.2, -0.15) is 0 Å². The summed E-state index contributed by atoms with van der Waals surface area (Å²) in [6, 6.07) is 9.31. The summed E-state index contributed by atoms with van der Waals surface area (Å²) in [5.41, 5.74) is 3.95. The van der Waals surface area contributed by atoms with Gasteiger partial charge in [0.25, 0.3) is 0 Å². The van der Waals surface area contributed by atoms with E-state index in [1.54, 1.807) is 0 Å². The summed E-state index contributed by atoms with van der Waals surface area (Å²) in [5.74, 6) is 0. The lowest BCUT2D eigenvalue weighted by Crippen LogP contribution is -2.11. The van der Waals surface area contributed by atoms with Crippen molar-refractivity contribution in [1.29, 1.82) is 0 Å². The number of rotatable bonds is 2. The average Bonchev–Trinajstić information content (AvgIpc) is 2.53.